The number of para-hydroxylation sites is 1. The molecule has 0 saturated heterocycles. The monoisotopic (exact) mass is 255 g/mol. The number of nitrogens with one attached hydrogen (secondary N) is 1. The number of halogens is 2. The minimum atomic E-state index is -0.885. The molecular formula is C14H7F2N3. The number of hydrogen-bond acceptors (Lipinski definition) is 3. The average molecular weight is 255 g/mol. The Bertz CT molecular complexity index is 688. The fraction of sp³-hybridized carbons (Fsp3) is 0. The molecule has 2 aromatic carbocycles. The van der Waals surface area contributed by atoms with Gasteiger partial charge in [-0.25, -0.2) is 8.78 Å². The van der Waals surface area contributed by atoms with E-state index in [4.69, 9.17) is 10.5 Å². The standard InChI is InChI=1S/C14H7F2N3/c15-11-5-9(7-17)6-12(16)14(11)19-13-4-2-1-3-10(13)8-18/h1-6,19H. The number of nitrogens with zero attached hydrogens (tertiary/aromatic N) is 2. The van der Waals surface area contributed by atoms with Crippen LogP contribution in [0.15, 0.2) is 36.4 Å². The van der Waals surface area contributed by atoms with Crippen molar-refractivity contribution in [3.05, 3.63) is 59.2 Å². The highest BCUT2D eigenvalue weighted by molar-refractivity contribution is 5.67. The van der Waals surface area contributed by atoms with Gasteiger partial charge in [-0.05, 0) is 24.3 Å². The largest absolute Gasteiger partial charge is 0.350 e. The second-order valence-corrected chi connectivity index (χ2v) is 3.71. The first-order valence-corrected chi connectivity index (χ1v) is 5.31. The average Bonchev–Trinajstić information content (AvgIpc) is 2.43. The van der Waals surface area contributed by atoms with Gasteiger partial charge in [0, 0.05) is 0 Å². The quantitative estimate of drug-likeness (QED) is 0.894. The zero-order valence-corrected chi connectivity index (χ0v) is 9.61. The molecule has 0 spiro atoms. The van der Waals surface area contributed by atoms with Gasteiger partial charge in [-0.2, -0.15) is 10.5 Å². The molecule has 1 N–H and O–H groups in total. The molecule has 5 heteroatoms. The van der Waals surface area contributed by atoms with Gasteiger partial charge in [0.15, 0.2) is 11.6 Å². The Morgan fingerprint density at radius 3 is 2.16 bits per heavy atom. The third-order valence-electron chi connectivity index (χ3n) is 2.48. The van der Waals surface area contributed by atoms with Crippen LogP contribution in [-0.4, -0.2) is 0 Å². The molecule has 0 amide bonds. The van der Waals surface area contributed by atoms with E-state index in [0.29, 0.717) is 5.69 Å². The molecule has 0 aliphatic heterocycles. The van der Waals surface area contributed by atoms with Crippen LogP contribution in [0.2, 0.25) is 0 Å². The Kier molecular flexibility index (Phi) is 3.40. The van der Waals surface area contributed by atoms with E-state index in [-0.39, 0.29) is 16.8 Å². The first kappa shape index (κ1) is 12.5. The van der Waals surface area contributed by atoms with Gasteiger partial charge in [-0.15, -0.1) is 0 Å². The van der Waals surface area contributed by atoms with Crippen molar-refractivity contribution < 1.29 is 8.78 Å². The second-order valence-electron chi connectivity index (χ2n) is 3.71. The summed E-state index contributed by atoms with van der Waals surface area (Å²) < 4.78 is 27.4. The molecular weight excluding hydrogens is 248 g/mol. The SMILES string of the molecule is N#Cc1cc(F)c(Nc2ccccc2C#N)c(F)c1. The van der Waals surface area contributed by atoms with Crippen molar-refractivity contribution in [2.75, 3.05) is 5.32 Å². The van der Waals surface area contributed by atoms with Crippen LogP contribution >= 0.6 is 0 Å². The Morgan fingerprint density at radius 1 is 0.947 bits per heavy atom. The molecule has 0 bridgehead atoms. The minimum Gasteiger partial charge on any atom is -0.350 e. The van der Waals surface area contributed by atoms with Crippen LogP contribution in [-0.2, 0) is 0 Å². The molecule has 0 radical (unpaired) electrons. The summed E-state index contributed by atoms with van der Waals surface area (Å²) in [6.07, 6.45) is 0. The molecule has 19 heavy (non-hydrogen) atoms. The lowest BCUT2D eigenvalue weighted by Crippen LogP contribution is -2.00. The first-order valence-electron chi connectivity index (χ1n) is 5.31. The van der Waals surface area contributed by atoms with E-state index in [0.717, 1.165) is 12.1 Å². The zero-order chi connectivity index (χ0) is 13.8. The Labute approximate surface area is 108 Å². The Hall–Kier alpha value is -2.92. The number of nitriles is 2. The van der Waals surface area contributed by atoms with E-state index < -0.39 is 11.6 Å². The fourth-order valence-corrected chi connectivity index (χ4v) is 1.58. The van der Waals surface area contributed by atoms with Crippen molar-refractivity contribution in [3.63, 3.8) is 0 Å². The molecule has 92 valence electrons. The van der Waals surface area contributed by atoms with E-state index in [2.05, 4.69) is 5.32 Å². The summed E-state index contributed by atoms with van der Waals surface area (Å²) >= 11 is 0. The van der Waals surface area contributed by atoms with E-state index in [1.807, 2.05) is 6.07 Å². The second kappa shape index (κ2) is 5.16. The van der Waals surface area contributed by atoms with Gasteiger partial charge in [0.1, 0.15) is 11.8 Å². The highest BCUT2D eigenvalue weighted by atomic mass is 19.1. The molecule has 3 nitrogen and oxygen atoms in total. The van der Waals surface area contributed by atoms with Crippen molar-refractivity contribution >= 4 is 11.4 Å². The lowest BCUT2D eigenvalue weighted by molar-refractivity contribution is 0.590. The van der Waals surface area contributed by atoms with Crippen molar-refractivity contribution in [2.45, 2.75) is 0 Å². The van der Waals surface area contributed by atoms with Crippen LogP contribution in [0, 0.1) is 34.3 Å². The van der Waals surface area contributed by atoms with E-state index in [1.54, 1.807) is 18.2 Å². The van der Waals surface area contributed by atoms with E-state index >= 15 is 0 Å². The molecule has 0 heterocycles. The van der Waals surface area contributed by atoms with Crippen molar-refractivity contribution in [1.29, 1.82) is 10.5 Å². The maximum absolute atomic E-state index is 13.7. The summed E-state index contributed by atoms with van der Waals surface area (Å²) in [6, 6.07) is 11.8. The fourth-order valence-electron chi connectivity index (χ4n) is 1.58. The summed E-state index contributed by atoms with van der Waals surface area (Å²) in [5.74, 6) is -1.77. The van der Waals surface area contributed by atoms with Crippen LogP contribution in [0.4, 0.5) is 20.2 Å². The molecule has 2 aromatic rings. The number of hydrogen-bond donors (Lipinski definition) is 1. The van der Waals surface area contributed by atoms with Gasteiger partial charge in [0.2, 0.25) is 0 Å². The first-order chi connectivity index (χ1) is 9.15. The zero-order valence-electron chi connectivity index (χ0n) is 9.61. The lowest BCUT2D eigenvalue weighted by Gasteiger charge is -2.10. The van der Waals surface area contributed by atoms with Crippen molar-refractivity contribution in [3.8, 4) is 12.1 Å². The van der Waals surface area contributed by atoms with Gasteiger partial charge >= 0.3 is 0 Å². The number of benzene rings is 2. The van der Waals surface area contributed by atoms with E-state index in [9.17, 15) is 8.78 Å². The van der Waals surface area contributed by atoms with Gasteiger partial charge in [0.05, 0.1) is 22.9 Å². The van der Waals surface area contributed by atoms with Crippen LogP contribution < -0.4 is 5.32 Å². The molecule has 2 rings (SSSR count). The van der Waals surface area contributed by atoms with Crippen LogP contribution in [0.3, 0.4) is 0 Å². The summed E-state index contributed by atoms with van der Waals surface area (Å²) in [7, 11) is 0. The van der Waals surface area contributed by atoms with Gasteiger partial charge in [-0.3, -0.25) is 0 Å². The van der Waals surface area contributed by atoms with Crippen molar-refractivity contribution in [2.24, 2.45) is 0 Å². The third kappa shape index (κ3) is 2.51. The minimum absolute atomic E-state index is 0.103. The smallest absolute Gasteiger partial charge is 0.150 e. The molecule has 0 fully saturated rings. The maximum atomic E-state index is 13.7. The van der Waals surface area contributed by atoms with Gasteiger partial charge < -0.3 is 5.32 Å². The topological polar surface area (TPSA) is 59.6 Å². The molecule has 0 aromatic heterocycles. The maximum Gasteiger partial charge on any atom is 0.150 e. The number of rotatable bonds is 2. The van der Waals surface area contributed by atoms with Gasteiger partial charge in [-0.1, -0.05) is 12.1 Å². The van der Waals surface area contributed by atoms with Crippen LogP contribution in [0.25, 0.3) is 0 Å². The van der Waals surface area contributed by atoms with Crippen LogP contribution in [0.1, 0.15) is 11.1 Å². The molecule has 0 aliphatic carbocycles. The molecule has 0 aliphatic rings. The Morgan fingerprint density at radius 2 is 1.58 bits per heavy atom. The van der Waals surface area contributed by atoms with Gasteiger partial charge in [0.25, 0.3) is 0 Å². The van der Waals surface area contributed by atoms with Crippen molar-refractivity contribution in [1.82, 2.24) is 0 Å². The highest BCUT2D eigenvalue weighted by Crippen LogP contribution is 2.26. The third-order valence-corrected chi connectivity index (χ3v) is 2.48. The molecule has 0 saturated carbocycles. The lowest BCUT2D eigenvalue weighted by atomic mass is 10.1. The predicted octanol–water partition coefficient (Wildman–Crippen LogP) is 3.45. The predicted molar refractivity (Wildman–Crippen MR) is 65.5 cm³/mol. The normalized spacial score (nSPS) is 9.47. The van der Waals surface area contributed by atoms with Crippen LogP contribution in [0.5, 0.6) is 0 Å². The summed E-state index contributed by atoms with van der Waals surface area (Å²) in [4.78, 5) is 0. The highest BCUT2D eigenvalue weighted by Gasteiger charge is 2.12. The molecule has 0 atom stereocenters. The van der Waals surface area contributed by atoms with E-state index in [1.165, 1.54) is 12.1 Å². The summed E-state index contributed by atoms with van der Waals surface area (Å²) in [5.41, 5.74) is 0.0778. The Balaban J connectivity index is 2.45. The summed E-state index contributed by atoms with van der Waals surface area (Å²) in [6.45, 7) is 0. The molecule has 0 unspecified atom stereocenters. The number of anilines is 2. The summed E-state index contributed by atoms with van der Waals surface area (Å²) in [5, 5.41) is 20.0.